The van der Waals surface area contributed by atoms with Gasteiger partial charge < -0.3 is 9.84 Å². The van der Waals surface area contributed by atoms with Crippen LogP contribution in [0.2, 0.25) is 0 Å². The second-order valence-corrected chi connectivity index (χ2v) is 3.44. The first-order valence-electron chi connectivity index (χ1n) is 4.65. The third-order valence-electron chi connectivity index (χ3n) is 1.98. The number of carboxylic acid groups (broad SMARTS) is 1. The molecule has 1 aromatic rings. The molecule has 0 aliphatic heterocycles. The van der Waals surface area contributed by atoms with Gasteiger partial charge in [-0.2, -0.15) is 8.78 Å². The fraction of sp³-hybridized carbons (Fsp3) is 0.0909. The molecule has 0 amide bonds. The molecule has 19 heavy (non-hydrogen) atoms. The van der Waals surface area contributed by atoms with Crippen molar-refractivity contribution in [3.05, 3.63) is 41.0 Å². The lowest BCUT2D eigenvalue weighted by Crippen LogP contribution is -2.16. The van der Waals surface area contributed by atoms with Crippen LogP contribution in [-0.2, 0) is 4.79 Å². The van der Waals surface area contributed by atoms with Gasteiger partial charge in [0, 0.05) is 5.57 Å². The van der Waals surface area contributed by atoms with Crippen LogP contribution in [0.25, 0.3) is 0 Å². The first-order chi connectivity index (χ1) is 8.68. The van der Waals surface area contributed by atoms with Crippen LogP contribution in [0, 0.1) is 23.3 Å². The summed E-state index contributed by atoms with van der Waals surface area (Å²) in [7, 11) is 0. The molecule has 0 spiro atoms. The molecule has 0 saturated heterocycles. The molecule has 0 atom stereocenters. The second kappa shape index (κ2) is 5.09. The van der Waals surface area contributed by atoms with E-state index in [4.69, 9.17) is 5.11 Å². The zero-order valence-electron chi connectivity index (χ0n) is 9.39. The largest absolute Gasteiger partial charge is 0.477 e. The van der Waals surface area contributed by atoms with E-state index >= 15 is 0 Å². The number of carboxylic acids is 1. The molecule has 4 nitrogen and oxygen atoms in total. The molecular formula is C11H6F4O4. The first-order valence-corrected chi connectivity index (χ1v) is 4.65. The maximum atomic E-state index is 13.3. The van der Waals surface area contributed by atoms with Crippen molar-refractivity contribution in [2.45, 2.75) is 6.92 Å². The number of esters is 1. The molecule has 1 rings (SSSR count). The average molecular weight is 278 g/mol. The van der Waals surface area contributed by atoms with Crippen LogP contribution >= 0.6 is 0 Å². The van der Waals surface area contributed by atoms with Gasteiger partial charge in [0.25, 0.3) is 0 Å². The monoisotopic (exact) mass is 278 g/mol. The van der Waals surface area contributed by atoms with E-state index in [1.807, 2.05) is 0 Å². The van der Waals surface area contributed by atoms with Crippen molar-refractivity contribution in [2.75, 3.05) is 0 Å². The van der Waals surface area contributed by atoms with Gasteiger partial charge in [0.15, 0.2) is 11.6 Å². The lowest BCUT2D eigenvalue weighted by Gasteiger charge is -2.09. The highest BCUT2D eigenvalue weighted by Crippen LogP contribution is 2.30. The number of ether oxygens (including phenoxy) is 1. The quantitative estimate of drug-likeness (QED) is 0.303. The first kappa shape index (κ1) is 14.7. The van der Waals surface area contributed by atoms with E-state index in [1.165, 1.54) is 0 Å². The minimum absolute atomic E-state index is 0.276. The summed E-state index contributed by atoms with van der Waals surface area (Å²) in [4.78, 5) is 21.5. The second-order valence-electron chi connectivity index (χ2n) is 3.44. The smallest absolute Gasteiger partial charge is 0.341 e. The molecule has 0 saturated carbocycles. The molecular weight excluding hydrogens is 272 g/mol. The topological polar surface area (TPSA) is 63.6 Å². The van der Waals surface area contributed by atoms with Crippen molar-refractivity contribution >= 4 is 11.9 Å². The molecule has 0 fully saturated rings. The van der Waals surface area contributed by atoms with E-state index in [2.05, 4.69) is 11.3 Å². The SMILES string of the molecule is C=C(C)C(=O)Oc1c(F)c(F)c(C(=O)O)c(F)c1F. The van der Waals surface area contributed by atoms with Crippen LogP contribution in [-0.4, -0.2) is 17.0 Å². The molecule has 1 N–H and O–H groups in total. The Morgan fingerprint density at radius 1 is 1.05 bits per heavy atom. The molecule has 0 aliphatic rings. The van der Waals surface area contributed by atoms with E-state index in [0.29, 0.717) is 0 Å². The van der Waals surface area contributed by atoms with Gasteiger partial charge in [-0.25, -0.2) is 18.4 Å². The summed E-state index contributed by atoms with van der Waals surface area (Å²) in [6.45, 7) is 4.24. The number of carbonyl (C=O) groups excluding carboxylic acids is 1. The van der Waals surface area contributed by atoms with Crippen LogP contribution in [0.15, 0.2) is 12.2 Å². The van der Waals surface area contributed by atoms with Crippen molar-refractivity contribution in [1.82, 2.24) is 0 Å². The zero-order chi connectivity index (χ0) is 14.9. The maximum absolute atomic E-state index is 13.3. The molecule has 0 aliphatic carbocycles. The molecule has 0 bridgehead atoms. The van der Waals surface area contributed by atoms with Gasteiger partial charge in [0.2, 0.25) is 17.4 Å². The van der Waals surface area contributed by atoms with Crippen molar-refractivity contribution in [2.24, 2.45) is 0 Å². The van der Waals surface area contributed by atoms with Crippen LogP contribution in [0.3, 0.4) is 0 Å². The summed E-state index contributed by atoms with van der Waals surface area (Å²) >= 11 is 0. The Kier molecular flexibility index (Phi) is 3.93. The van der Waals surface area contributed by atoms with E-state index in [1.54, 1.807) is 0 Å². The molecule has 0 radical (unpaired) electrons. The van der Waals surface area contributed by atoms with Gasteiger partial charge in [-0.05, 0) is 6.92 Å². The van der Waals surface area contributed by atoms with E-state index < -0.39 is 46.5 Å². The summed E-state index contributed by atoms with van der Waals surface area (Å²) in [5.41, 5.74) is -2.09. The number of aromatic carboxylic acids is 1. The Bertz CT molecular complexity index is 566. The van der Waals surface area contributed by atoms with Crippen LogP contribution in [0.1, 0.15) is 17.3 Å². The highest BCUT2D eigenvalue weighted by molar-refractivity contribution is 5.90. The third-order valence-corrected chi connectivity index (χ3v) is 1.98. The fourth-order valence-electron chi connectivity index (χ4n) is 1.07. The van der Waals surface area contributed by atoms with Crippen molar-refractivity contribution in [3.8, 4) is 5.75 Å². The third kappa shape index (κ3) is 2.56. The Morgan fingerprint density at radius 3 is 1.79 bits per heavy atom. The molecule has 102 valence electrons. The zero-order valence-corrected chi connectivity index (χ0v) is 9.39. The lowest BCUT2D eigenvalue weighted by atomic mass is 10.1. The highest BCUT2D eigenvalue weighted by atomic mass is 19.2. The van der Waals surface area contributed by atoms with Crippen molar-refractivity contribution in [1.29, 1.82) is 0 Å². The van der Waals surface area contributed by atoms with Gasteiger partial charge >= 0.3 is 11.9 Å². The predicted octanol–water partition coefficient (Wildman–Crippen LogP) is 2.42. The van der Waals surface area contributed by atoms with Gasteiger partial charge in [-0.3, -0.25) is 0 Å². The standard InChI is InChI=1S/C11H6F4O4/c1-3(2)11(18)19-9-7(14)5(12)4(10(16)17)6(13)8(9)15/h1H2,2H3,(H,16,17). The van der Waals surface area contributed by atoms with E-state index in [-0.39, 0.29) is 5.57 Å². The summed E-state index contributed by atoms with van der Waals surface area (Å²) in [5.74, 6) is -13.8. The lowest BCUT2D eigenvalue weighted by molar-refractivity contribution is -0.130. The number of hydrogen-bond donors (Lipinski definition) is 1. The Balaban J connectivity index is 3.48. The van der Waals surface area contributed by atoms with Gasteiger partial charge in [0.05, 0.1) is 0 Å². The fourth-order valence-corrected chi connectivity index (χ4v) is 1.07. The van der Waals surface area contributed by atoms with Gasteiger partial charge in [-0.15, -0.1) is 0 Å². The van der Waals surface area contributed by atoms with Gasteiger partial charge in [-0.1, -0.05) is 6.58 Å². The number of rotatable bonds is 3. The summed E-state index contributed by atoms with van der Waals surface area (Å²) in [6.07, 6.45) is 0. The van der Waals surface area contributed by atoms with Crippen LogP contribution < -0.4 is 4.74 Å². The molecule has 0 heterocycles. The van der Waals surface area contributed by atoms with E-state index in [9.17, 15) is 27.2 Å². The number of carbonyl (C=O) groups is 2. The predicted molar refractivity (Wildman–Crippen MR) is 53.7 cm³/mol. The highest BCUT2D eigenvalue weighted by Gasteiger charge is 2.31. The molecule has 0 aromatic heterocycles. The Labute approximate surface area is 103 Å². The van der Waals surface area contributed by atoms with Crippen LogP contribution in [0.4, 0.5) is 17.6 Å². The normalized spacial score (nSPS) is 10.2. The Morgan fingerprint density at radius 2 is 1.47 bits per heavy atom. The minimum atomic E-state index is -2.20. The van der Waals surface area contributed by atoms with Gasteiger partial charge in [0.1, 0.15) is 5.56 Å². The number of hydrogen-bond acceptors (Lipinski definition) is 3. The summed E-state index contributed by atoms with van der Waals surface area (Å²) < 4.78 is 57.2. The number of halogens is 4. The van der Waals surface area contributed by atoms with Crippen molar-refractivity contribution in [3.63, 3.8) is 0 Å². The summed E-state index contributed by atoms with van der Waals surface area (Å²) in [5, 5.41) is 8.42. The van der Waals surface area contributed by atoms with Crippen molar-refractivity contribution < 1.29 is 37.0 Å². The Hall–Kier alpha value is -2.38. The molecule has 1 aromatic carbocycles. The minimum Gasteiger partial charge on any atom is -0.477 e. The maximum Gasteiger partial charge on any atom is 0.341 e. The van der Waals surface area contributed by atoms with Crippen LogP contribution in [0.5, 0.6) is 5.75 Å². The number of benzene rings is 1. The average Bonchev–Trinajstić information content (AvgIpc) is 2.31. The van der Waals surface area contributed by atoms with E-state index in [0.717, 1.165) is 6.92 Å². The molecule has 8 heteroatoms. The summed E-state index contributed by atoms with van der Waals surface area (Å²) in [6, 6.07) is 0. The molecule has 0 unspecified atom stereocenters.